The highest BCUT2D eigenvalue weighted by Crippen LogP contribution is 2.15. The van der Waals surface area contributed by atoms with Crippen molar-refractivity contribution in [3.8, 4) is 0 Å². The molecule has 0 fully saturated rings. The Morgan fingerprint density at radius 1 is 1.50 bits per heavy atom. The molecule has 1 rings (SSSR count). The predicted molar refractivity (Wildman–Crippen MR) is 63.1 cm³/mol. The van der Waals surface area contributed by atoms with Crippen LogP contribution in [0.4, 0.5) is 0 Å². The zero-order valence-corrected chi connectivity index (χ0v) is 9.93. The molecule has 1 amide bonds. The minimum atomic E-state index is -0.548. The fourth-order valence-electron chi connectivity index (χ4n) is 1.66. The monoisotopic (exact) mass is 222 g/mol. The van der Waals surface area contributed by atoms with Gasteiger partial charge in [0.15, 0.2) is 0 Å². The number of amides is 1. The van der Waals surface area contributed by atoms with E-state index in [1.165, 1.54) is 10.6 Å². The van der Waals surface area contributed by atoms with Gasteiger partial charge in [0.05, 0.1) is 0 Å². The first-order valence-electron chi connectivity index (χ1n) is 5.40. The number of carbonyl (C=O) groups is 1. The molecule has 0 saturated heterocycles. The van der Waals surface area contributed by atoms with Gasteiger partial charge in [-0.25, -0.2) is 0 Å². The van der Waals surface area contributed by atoms with Gasteiger partial charge < -0.3 is 10.3 Å². The highest BCUT2D eigenvalue weighted by atomic mass is 16.2. The average Bonchev–Trinajstić information content (AvgIpc) is 2.14. The summed E-state index contributed by atoms with van der Waals surface area (Å²) in [6.45, 7) is 5.83. The zero-order valence-electron chi connectivity index (χ0n) is 9.93. The summed E-state index contributed by atoms with van der Waals surface area (Å²) in [7, 11) is 0. The Kier molecular flexibility index (Phi) is 3.88. The summed E-state index contributed by atoms with van der Waals surface area (Å²) in [6, 6.07) is 2.77. The molecular formula is C12H18N2O2. The van der Waals surface area contributed by atoms with Crippen LogP contribution in [0.5, 0.6) is 0 Å². The number of carbonyl (C=O) groups excluding carboxylic acids is 1. The molecule has 0 saturated carbocycles. The highest BCUT2D eigenvalue weighted by molar-refractivity contribution is 5.78. The number of nitrogens with zero attached hydrogens (tertiary/aromatic N) is 1. The van der Waals surface area contributed by atoms with Crippen molar-refractivity contribution < 1.29 is 4.79 Å². The van der Waals surface area contributed by atoms with E-state index in [1.807, 2.05) is 20.8 Å². The van der Waals surface area contributed by atoms with E-state index >= 15 is 0 Å². The maximum atomic E-state index is 11.7. The molecule has 0 radical (unpaired) electrons. The van der Waals surface area contributed by atoms with Gasteiger partial charge in [0.1, 0.15) is 6.04 Å². The molecule has 2 N–H and O–H groups in total. The third kappa shape index (κ3) is 2.95. The summed E-state index contributed by atoms with van der Waals surface area (Å²) in [6.07, 6.45) is 2.22. The summed E-state index contributed by atoms with van der Waals surface area (Å²) in [4.78, 5) is 23.1. The number of aryl methyl sites for hydroxylation is 1. The van der Waals surface area contributed by atoms with Crippen molar-refractivity contribution in [2.24, 2.45) is 11.7 Å². The second-order valence-electron chi connectivity index (χ2n) is 4.50. The lowest BCUT2D eigenvalue weighted by atomic mass is 10.0. The fourth-order valence-corrected chi connectivity index (χ4v) is 1.66. The Labute approximate surface area is 95.1 Å². The molecule has 16 heavy (non-hydrogen) atoms. The zero-order chi connectivity index (χ0) is 12.3. The molecule has 1 atom stereocenters. The van der Waals surface area contributed by atoms with Crippen molar-refractivity contribution in [2.45, 2.75) is 33.2 Å². The van der Waals surface area contributed by atoms with Crippen LogP contribution in [-0.4, -0.2) is 10.5 Å². The Balaban J connectivity index is 3.11. The van der Waals surface area contributed by atoms with E-state index in [-0.39, 0.29) is 5.56 Å². The van der Waals surface area contributed by atoms with Gasteiger partial charge in [-0.2, -0.15) is 0 Å². The number of nitrogens with two attached hydrogens (primary N) is 1. The van der Waals surface area contributed by atoms with E-state index < -0.39 is 11.9 Å². The maximum absolute atomic E-state index is 11.7. The molecule has 4 nitrogen and oxygen atoms in total. The molecule has 1 heterocycles. The van der Waals surface area contributed by atoms with Crippen LogP contribution < -0.4 is 11.3 Å². The largest absolute Gasteiger partial charge is 0.368 e. The van der Waals surface area contributed by atoms with Crippen molar-refractivity contribution >= 4 is 5.91 Å². The Morgan fingerprint density at radius 3 is 2.56 bits per heavy atom. The van der Waals surface area contributed by atoms with E-state index in [2.05, 4.69) is 0 Å². The molecule has 0 bridgehead atoms. The van der Waals surface area contributed by atoms with Crippen LogP contribution >= 0.6 is 0 Å². The lowest BCUT2D eigenvalue weighted by Gasteiger charge is -2.18. The SMILES string of the molecule is Cc1ccn(C(CC(C)C)C(N)=O)c(=O)c1. The van der Waals surface area contributed by atoms with Crippen molar-refractivity contribution in [3.63, 3.8) is 0 Å². The standard InChI is InChI=1S/C12H18N2O2/c1-8(2)6-10(12(13)16)14-5-4-9(3)7-11(14)15/h4-5,7-8,10H,6H2,1-3H3,(H2,13,16). The van der Waals surface area contributed by atoms with Gasteiger partial charge in [0.25, 0.3) is 5.56 Å². The smallest absolute Gasteiger partial charge is 0.251 e. The third-order valence-electron chi connectivity index (χ3n) is 2.46. The van der Waals surface area contributed by atoms with Gasteiger partial charge in [-0.1, -0.05) is 13.8 Å². The van der Waals surface area contributed by atoms with E-state index in [9.17, 15) is 9.59 Å². The van der Waals surface area contributed by atoms with Gasteiger partial charge >= 0.3 is 0 Å². The number of aromatic nitrogens is 1. The summed E-state index contributed by atoms with van der Waals surface area (Å²) in [5.74, 6) is -0.148. The molecule has 1 unspecified atom stereocenters. The Morgan fingerprint density at radius 2 is 2.12 bits per heavy atom. The minimum Gasteiger partial charge on any atom is -0.368 e. The summed E-state index contributed by atoms with van der Waals surface area (Å²) < 4.78 is 1.41. The first kappa shape index (κ1) is 12.5. The predicted octanol–water partition coefficient (Wildman–Crippen LogP) is 1.23. The summed E-state index contributed by atoms with van der Waals surface area (Å²) >= 11 is 0. The van der Waals surface area contributed by atoms with Crippen LogP contribution in [0.1, 0.15) is 31.9 Å². The van der Waals surface area contributed by atoms with Gasteiger partial charge in [0.2, 0.25) is 5.91 Å². The molecule has 0 aliphatic heterocycles. The number of hydrogen-bond acceptors (Lipinski definition) is 2. The number of pyridine rings is 1. The van der Waals surface area contributed by atoms with Gasteiger partial charge in [-0.3, -0.25) is 9.59 Å². The molecule has 0 aliphatic carbocycles. The number of rotatable bonds is 4. The maximum Gasteiger partial charge on any atom is 0.251 e. The molecule has 0 spiro atoms. The number of primary amides is 1. The molecule has 0 aliphatic rings. The van der Waals surface area contributed by atoms with Gasteiger partial charge in [-0.15, -0.1) is 0 Å². The van der Waals surface area contributed by atoms with Gasteiger partial charge in [-0.05, 0) is 30.9 Å². The fraction of sp³-hybridized carbons (Fsp3) is 0.500. The molecular weight excluding hydrogens is 204 g/mol. The van der Waals surface area contributed by atoms with E-state index in [0.717, 1.165) is 5.56 Å². The molecule has 88 valence electrons. The molecule has 1 aromatic heterocycles. The number of hydrogen-bond donors (Lipinski definition) is 1. The summed E-state index contributed by atoms with van der Waals surface area (Å²) in [5, 5.41) is 0. The molecule has 4 heteroatoms. The minimum absolute atomic E-state index is 0.176. The lowest BCUT2D eigenvalue weighted by Crippen LogP contribution is -2.34. The van der Waals surface area contributed by atoms with Crippen LogP contribution in [0.15, 0.2) is 23.1 Å². The normalized spacial score (nSPS) is 12.8. The van der Waals surface area contributed by atoms with E-state index in [4.69, 9.17) is 5.73 Å². The second kappa shape index (κ2) is 4.96. The Bertz CT molecular complexity index is 435. The molecule has 0 aromatic carbocycles. The topological polar surface area (TPSA) is 65.1 Å². The van der Waals surface area contributed by atoms with Crippen LogP contribution in [-0.2, 0) is 4.79 Å². The van der Waals surface area contributed by atoms with Crippen molar-refractivity contribution in [1.82, 2.24) is 4.57 Å². The average molecular weight is 222 g/mol. The van der Waals surface area contributed by atoms with Gasteiger partial charge in [0, 0.05) is 12.3 Å². The second-order valence-corrected chi connectivity index (χ2v) is 4.50. The van der Waals surface area contributed by atoms with E-state index in [0.29, 0.717) is 12.3 Å². The lowest BCUT2D eigenvalue weighted by molar-refractivity contribution is -0.121. The van der Waals surface area contributed by atoms with Crippen LogP contribution in [0, 0.1) is 12.8 Å². The van der Waals surface area contributed by atoms with Crippen molar-refractivity contribution in [2.75, 3.05) is 0 Å². The quantitative estimate of drug-likeness (QED) is 0.832. The first-order chi connectivity index (χ1) is 7.41. The van der Waals surface area contributed by atoms with E-state index in [1.54, 1.807) is 12.3 Å². The van der Waals surface area contributed by atoms with Crippen molar-refractivity contribution in [3.05, 3.63) is 34.2 Å². The Hall–Kier alpha value is -1.58. The van der Waals surface area contributed by atoms with Crippen molar-refractivity contribution in [1.29, 1.82) is 0 Å². The summed E-state index contributed by atoms with van der Waals surface area (Å²) in [5.41, 5.74) is 6.03. The first-order valence-corrected chi connectivity index (χ1v) is 5.40. The van der Waals surface area contributed by atoms with Crippen LogP contribution in [0.25, 0.3) is 0 Å². The molecule has 1 aromatic rings. The third-order valence-corrected chi connectivity index (χ3v) is 2.46. The van der Waals surface area contributed by atoms with Crippen LogP contribution in [0.2, 0.25) is 0 Å². The van der Waals surface area contributed by atoms with Crippen LogP contribution in [0.3, 0.4) is 0 Å². The highest BCUT2D eigenvalue weighted by Gasteiger charge is 2.19.